The predicted molar refractivity (Wildman–Crippen MR) is 39.6 cm³/mol. The van der Waals surface area contributed by atoms with Crippen molar-refractivity contribution < 1.29 is 18.9 Å². The van der Waals surface area contributed by atoms with Crippen LogP contribution in [0.2, 0.25) is 0 Å². The Balaban J connectivity index is 0.000000810. The maximum atomic E-state index is 2.96. The SMILES string of the molecule is CN(C)c1cc[c-]cc1.[Li+]. The molecule has 1 nitrogen and oxygen atoms in total. The van der Waals surface area contributed by atoms with E-state index in [1.807, 2.05) is 38.4 Å². The molecule has 0 bridgehead atoms. The molecule has 48 valence electrons. The fraction of sp³-hybridized carbons (Fsp3) is 0.250. The first-order chi connectivity index (χ1) is 4.30. The van der Waals surface area contributed by atoms with Gasteiger partial charge >= 0.3 is 18.9 Å². The van der Waals surface area contributed by atoms with E-state index in [9.17, 15) is 0 Å². The molecular formula is C8H10LiN. The molecule has 0 aliphatic rings. The van der Waals surface area contributed by atoms with Gasteiger partial charge in [-0.15, -0.1) is 12.1 Å². The van der Waals surface area contributed by atoms with Gasteiger partial charge in [0.05, 0.1) is 0 Å². The first-order valence-corrected chi connectivity index (χ1v) is 2.94. The molecule has 0 unspecified atom stereocenters. The fourth-order valence-corrected chi connectivity index (χ4v) is 0.676. The number of benzene rings is 1. The molecule has 0 N–H and O–H groups in total. The molecule has 0 aliphatic carbocycles. The Bertz CT molecular complexity index is 172. The van der Waals surface area contributed by atoms with Crippen molar-refractivity contribution in [1.29, 1.82) is 0 Å². The minimum absolute atomic E-state index is 0. The van der Waals surface area contributed by atoms with Crippen LogP contribution >= 0.6 is 0 Å². The van der Waals surface area contributed by atoms with Gasteiger partial charge in [-0.3, -0.25) is 0 Å². The molecule has 0 radical (unpaired) electrons. The minimum Gasteiger partial charge on any atom is -0.399 e. The zero-order valence-electron chi connectivity index (χ0n) is 6.76. The molecule has 0 saturated carbocycles. The average molecular weight is 127 g/mol. The molecule has 0 saturated heterocycles. The molecule has 0 heterocycles. The van der Waals surface area contributed by atoms with E-state index in [0.29, 0.717) is 0 Å². The summed E-state index contributed by atoms with van der Waals surface area (Å²) in [7, 11) is 4.05. The Morgan fingerprint density at radius 2 is 1.70 bits per heavy atom. The molecule has 1 rings (SSSR count). The summed E-state index contributed by atoms with van der Waals surface area (Å²) in [6, 6.07) is 10.8. The van der Waals surface area contributed by atoms with Gasteiger partial charge < -0.3 is 4.90 Å². The summed E-state index contributed by atoms with van der Waals surface area (Å²) < 4.78 is 0. The third-order valence-corrected chi connectivity index (χ3v) is 1.22. The average Bonchev–Trinajstić information content (AvgIpc) is 1.90. The van der Waals surface area contributed by atoms with Crippen molar-refractivity contribution in [2.24, 2.45) is 0 Å². The molecule has 0 amide bonds. The van der Waals surface area contributed by atoms with Crippen LogP contribution in [0.1, 0.15) is 0 Å². The fourth-order valence-electron chi connectivity index (χ4n) is 0.676. The molecule has 0 atom stereocenters. The maximum Gasteiger partial charge on any atom is 1.00 e. The summed E-state index contributed by atoms with van der Waals surface area (Å²) in [5, 5.41) is 0. The monoisotopic (exact) mass is 127 g/mol. The predicted octanol–water partition coefficient (Wildman–Crippen LogP) is -1.44. The Morgan fingerprint density at radius 1 is 1.20 bits per heavy atom. The summed E-state index contributed by atoms with van der Waals surface area (Å²) >= 11 is 0. The van der Waals surface area contributed by atoms with Crippen molar-refractivity contribution in [2.45, 2.75) is 0 Å². The van der Waals surface area contributed by atoms with Crippen LogP contribution in [0.5, 0.6) is 0 Å². The second-order valence-electron chi connectivity index (χ2n) is 2.15. The van der Waals surface area contributed by atoms with E-state index in [0.717, 1.165) is 0 Å². The first-order valence-electron chi connectivity index (χ1n) is 2.94. The normalized spacial score (nSPS) is 8.20. The minimum atomic E-state index is 0. The van der Waals surface area contributed by atoms with Gasteiger partial charge in [-0.25, -0.2) is 0 Å². The maximum absolute atomic E-state index is 2.96. The van der Waals surface area contributed by atoms with Crippen LogP contribution in [0.15, 0.2) is 24.3 Å². The standard InChI is InChI=1S/C8H10N.Li/c1-9(2)8-6-4-3-5-7-8;/h4-7H,1-2H3;/q-1;+1. The Hall–Kier alpha value is -0.383. The Morgan fingerprint density at radius 3 is 2.00 bits per heavy atom. The molecule has 0 fully saturated rings. The summed E-state index contributed by atoms with van der Waals surface area (Å²) in [6.07, 6.45) is 0. The number of nitrogens with zero attached hydrogens (tertiary/aromatic N) is 1. The van der Waals surface area contributed by atoms with Crippen LogP contribution in [-0.2, 0) is 0 Å². The summed E-state index contributed by atoms with van der Waals surface area (Å²) in [5.41, 5.74) is 1.22. The van der Waals surface area contributed by atoms with Crippen molar-refractivity contribution >= 4 is 5.69 Å². The molecule has 2 heteroatoms. The van der Waals surface area contributed by atoms with Gasteiger partial charge in [-0.1, -0.05) is 5.69 Å². The molecule has 1 aromatic carbocycles. The van der Waals surface area contributed by atoms with Crippen molar-refractivity contribution in [1.82, 2.24) is 0 Å². The number of anilines is 1. The van der Waals surface area contributed by atoms with Crippen LogP contribution in [-0.4, -0.2) is 14.1 Å². The molecule has 1 aromatic rings. The van der Waals surface area contributed by atoms with Crippen molar-refractivity contribution in [3.05, 3.63) is 30.3 Å². The van der Waals surface area contributed by atoms with Gasteiger partial charge in [0, 0.05) is 14.1 Å². The second-order valence-corrected chi connectivity index (χ2v) is 2.15. The van der Waals surface area contributed by atoms with Crippen molar-refractivity contribution in [3.63, 3.8) is 0 Å². The van der Waals surface area contributed by atoms with E-state index in [4.69, 9.17) is 0 Å². The zero-order valence-corrected chi connectivity index (χ0v) is 6.76. The van der Waals surface area contributed by atoms with Crippen molar-refractivity contribution in [3.8, 4) is 0 Å². The Labute approximate surface area is 74.2 Å². The van der Waals surface area contributed by atoms with Crippen LogP contribution in [0.4, 0.5) is 5.69 Å². The van der Waals surface area contributed by atoms with Gasteiger partial charge in [-0.2, -0.15) is 18.2 Å². The quantitative estimate of drug-likeness (QED) is 0.330. The largest absolute Gasteiger partial charge is 1.00 e. The Kier molecular flexibility index (Phi) is 4.27. The zero-order chi connectivity index (χ0) is 6.69. The molecule has 0 aromatic heterocycles. The smallest absolute Gasteiger partial charge is 0.399 e. The van der Waals surface area contributed by atoms with Crippen LogP contribution in [0.25, 0.3) is 0 Å². The molecule has 0 aliphatic heterocycles. The molecular weight excluding hydrogens is 117 g/mol. The third-order valence-electron chi connectivity index (χ3n) is 1.22. The number of hydrogen-bond acceptors (Lipinski definition) is 1. The van der Waals surface area contributed by atoms with E-state index < -0.39 is 0 Å². The van der Waals surface area contributed by atoms with E-state index in [1.165, 1.54) is 5.69 Å². The van der Waals surface area contributed by atoms with Gasteiger partial charge in [0.25, 0.3) is 0 Å². The van der Waals surface area contributed by atoms with E-state index in [2.05, 4.69) is 11.0 Å². The summed E-state index contributed by atoms with van der Waals surface area (Å²) in [6.45, 7) is 0. The van der Waals surface area contributed by atoms with Gasteiger partial charge in [0.15, 0.2) is 0 Å². The topological polar surface area (TPSA) is 3.24 Å². The summed E-state index contributed by atoms with van der Waals surface area (Å²) in [4.78, 5) is 2.06. The summed E-state index contributed by atoms with van der Waals surface area (Å²) in [5.74, 6) is 0. The number of rotatable bonds is 1. The third kappa shape index (κ3) is 2.47. The molecule has 10 heavy (non-hydrogen) atoms. The molecule has 0 spiro atoms. The van der Waals surface area contributed by atoms with Crippen molar-refractivity contribution in [2.75, 3.05) is 19.0 Å². The van der Waals surface area contributed by atoms with Gasteiger partial charge in [0.1, 0.15) is 0 Å². The second kappa shape index (κ2) is 4.44. The van der Waals surface area contributed by atoms with Crippen LogP contribution < -0.4 is 23.8 Å². The van der Waals surface area contributed by atoms with Gasteiger partial charge in [0.2, 0.25) is 0 Å². The van der Waals surface area contributed by atoms with E-state index >= 15 is 0 Å². The van der Waals surface area contributed by atoms with E-state index in [1.54, 1.807) is 0 Å². The van der Waals surface area contributed by atoms with Crippen LogP contribution in [0.3, 0.4) is 0 Å². The number of hydrogen-bond donors (Lipinski definition) is 0. The first kappa shape index (κ1) is 9.62. The van der Waals surface area contributed by atoms with E-state index in [-0.39, 0.29) is 18.9 Å². The van der Waals surface area contributed by atoms with Gasteiger partial charge in [-0.05, 0) is 0 Å². The van der Waals surface area contributed by atoms with Crippen LogP contribution in [0, 0.1) is 6.07 Å².